The van der Waals surface area contributed by atoms with Crippen LogP contribution in [0.1, 0.15) is 74.7 Å². The summed E-state index contributed by atoms with van der Waals surface area (Å²) in [5.41, 5.74) is -1.00. The third-order valence-electron chi connectivity index (χ3n) is 7.91. The lowest BCUT2D eigenvalue weighted by atomic mass is 9.43. The molecule has 4 aliphatic rings. The Kier molecular flexibility index (Phi) is 8.17. The van der Waals surface area contributed by atoms with Crippen LogP contribution in [0, 0.1) is 23.2 Å². The Bertz CT molecular complexity index is 952. The smallest absolute Gasteiger partial charge is 0.444 e. The van der Waals surface area contributed by atoms with Crippen molar-refractivity contribution in [2.75, 3.05) is 12.8 Å². The van der Waals surface area contributed by atoms with Gasteiger partial charge in [0.25, 0.3) is 0 Å². The van der Waals surface area contributed by atoms with Gasteiger partial charge in [0.1, 0.15) is 11.6 Å². The summed E-state index contributed by atoms with van der Waals surface area (Å²) in [6, 6.07) is -1.18. The van der Waals surface area contributed by atoms with Crippen LogP contribution in [0.5, 0.6) is 0 Å². The van der Waals surface area contributed by atoms with Crippen LogP contribution < -0.4 is 15.4 Å². The van der Waals surface area contributed by atoms with Gasteiger partial charge < -0.3 is 24.7 Å². The molecule has 0 aromatic heterocycles. The Morgan fingerprint density at radius 2 is 1.78 bits per heavy atom. The van der Waals surface area contributed by atoms with E-state index in [1.54, 1.807) is 20.8 Å². The molecule has 0 aromatic rings. The van der Waals surface area contributed by atoms with Crippen LogP contribution in [0.25, 0.3) is 0 Å². The molecule has 2 bridgehead atoms. The van der Waals surface area contributed by atoms with Crippen molar-refractivity contribution in [2.24, 2.45) is 23.2 Å². The standard InChI is InChI=1S/C24H44BN3O7S/c1-14(2)10-19(25-34-18-12-15-11-17(23(15,6)7)24(18,8)35-25)28-20(29)16(13-26-36(9,31)32)27-21(30)33-22(3,4)5/h14-19,26H,10-13H2,1-9H3,(H,27,30)(H,28,29)/t15-,16-,17-,18+,19-,24-/m0/s1. The number of carbonyl (C=O) groups is 2. The molecule has 4 rings (SSSR count). The van der Waals surface area contributed by atoms with Crippen molar-refractivity contribution in [1.29, 1.82) is 0 Å². The molecule has 12 heteroatoms. The maximum Gasteiger partial charge on any atom is 0.481 e. The lowest BCUT2D eigenvalue weighted by Crippen LogP contribution is -2.65. The highest BCUT2D eigenvalue weighted by Crippen LogP contribution is 2.65. The van der Waals surface area contributed by atoms with Crippen LogP contribution in [0.4, 0.5) is 4.79 Å². The van der Waals surface area contributed by atoms with Gasteiger partial charge in [0.2, 0.25) is 15.9 Å². The van der Waals surface area contributed by atoms with Gasteiger partial charge in [0.15, 0.2) is 0 Å². The monoisotopic (exact) mass is 529 g/mol. The third kappa shape index (κ3) is 6.55. The molecular weight excluding hydrogens is 485 g/mol. The highest BCUT2D eigenvalue weighted by Gasteiger charge is 2.68. The first-order valence-electron chi connectivity index (χ1n) is 12.9. The molecule has 10 nitrogen and oxygen atoms in total. The van der Waals surface area contributed by atoms with Crippen LogP contribution in [0.3, 0.4) is 0 Å². The molecule has 0 aromatic carbocycles. The van der Waals surface area contributed by atoms with Gasteiger partial charge in [-0.15, -0.1) is 0 Å². The minimum atomic E-state index is -3.59. The van der Waals surface area contributed by atoms with E-state index in [2.05, 4.69) is 36.1 Å². The maximum atomic E-state index is 13.4. The molecule has 2 amide bonds. The first kappa shape index (κ1) is 29.2. The Balaban J connectivity index is 1.75. The number of hydrogen-bond donors (Lipinski definition) is 3. The molecule has 3 aliphatic carbocycles. The molecule has 3 saturated carbocycles. The molecule has 4 fully saturated rings. The number of rotatable bonds is 9. The van der Waals surface area contributed by atoms with E-state index in [9.17, 15) is 18.0 Å². The predicted molar refractivity (Wildman–Crippen MR) is 138 cm³/mol. The summed E-state index contributed by atoms with van der Waals surface area (Å²) in [5, 5.41) is 5.47. The van der Waals surface area contributed by atoms with Crippen molar-refractivity contribution >= 4 is 29.1 Å². The lowest BCUT2D eigenvalue weighted by molar-refractivity contribution is -0.199. The van der Waals surface area contributed by atoms with Gasteiger partial charge >= 0.3 is 13.2 Å². The number of carbonyl (C=O) groups excluding carboxylic acids is 2. The summed E-state index contributed by atoms with van der Waals surface area (Å²) in [7, 11) is -4.23. The maximum absolute atomic E-state index is 13.4. The van der Waals surface area contributed by atoms with E-state index in [4.69, 9.17) is 14.0 Å². The van der Waals surface area contributed by atoms with Gasteiger partial charge in [-0.2, -0.15) is 0 Å². The fraction of sp³-hybridized carbons (Fsp3) is 0.917. The molecule has 0 spiro atoms. The van der Waals surface area contributed by atoms with Gasteiger partial charge in [0, 0.05) is 6.54 Å². The third-order valence-corrected chi connectivity index (χ3v) is 8.60. The van der Waals surface area contributed by atoms with Crippen molar-refractivity contribution in [3.8, 4) is 0 Å². The molecule has 1 heterocycles. The van der Waals surface area contributed by atoms with Crippen molar-refractivity contribution in [1.82, 2.24) is 15.4 Å². The Hall–Kier alpha value is -1.37. The summed E-state index contributed by atoms with van der Waals surface area (Å²) >= 11 is 0. The Morgan fingerprint density at radius 3 is 2.31 bits per heavy atom. The number of hydrogen-bond acceptors (Lipinski definition) is 7. The minimum Gasteiger partial charge on any atom is -0.444 e. The number of alkyl carbamates (subject to hydrolysis) is 1. The highest BCUT2D eigenvalue weighted by atomic mass is 32.2. The SMILES string of the molecule is CC(C)C[C@H](NC(=O)[C@H](CNS(C)(=O)=O)NC(=O)OC(C)(C)C)B1O[C@@H]2C[C@@H]3C[C@@H](C3(C)C)[C@]2(C)O1. The second kappa shape index (κ2) is 10.1. The Labute approximate surface area is 216 Å². The minimum absolute atomic E-state index is 0.0339. The van der Waals surface area contributed by atoms with Gasteiger partial charge in [-0.1, -0.05) is 27.7 Å². The fourth-order valence-electron chi connectivity index (χ4n) is 5.99. The molecule has 36 heavy (non-hydrogen) atoms. The van der Waals surface area contributed by atoms with E-state index < -0.39 is 52.3 Å². The van der Waals surface area contributed by atoms with E-state index in [1.165, 1.54) is 0 Å². The summed E-state index contributed by atoms with van der Waals surface area (Å²) in [6.07, 6.45) is 2.79. The fourth-order valence-corrected chi connectivity index (χ4v) is 6.46. The molecule has 0 radical (unpaired) electrons. The van der Waals surface area contributed by atoms with Gasteiger partial charge in [0.05, 0.1) is 23.9 Å². The molecule has 6 atom stereocenters. The largest absolute Gasteiger partial charge is 0.481 e. The molecular formula is C24H44BN3O7S. The Morgan fingerprint density at radius 1 is 1.14 bits per heavy atom. The van der Waals surface area contributed by atoms with Gasteiger partial charge in [-0.3, -0.25) is 4.79 Å². The van der Waals surface area contributed by atoms with Crippen LogP contribution in [0.2, 0.25) is 0 Å². The predicted octanol–water partition coefficient (Wildman–Crippen LogP) is 2.23. The second-order valence-corrected chi connectivity index (χ2v) is 14.7. The van der Waals surface area contributed by atoms with E-state index in [0.29, 0.717) is 18.3 Å². The number of sulfonamides is 1. The zero-order valence-electron chi connectivity index (χ0n) is 23.1. The van der Waals surface area contributed by atoms with Gasteiger partial charge in [-0.25, -0.2) is 17.9 Å². The van der Waals surface area contributed by atoms with E-state index >= 15 is 0 Å². The zero-order valence-corrected chi connectivity index (χ0v) is 24.0. The lowest BCUT2D eigenvalue weighted by Gasteiger charge is -2.64. The van der Waals surface area contributed by atoms with Crippen molar-refractivity contribution in [2.45, 2.75) is 104 Å². The molecule has 3 N–H and O–H groups in total. The van der Waals surface area contributed by atoms with E-state index in [-0.39, 0.29) is 24.0 Å². The van der Waals surface area contributed by atoms with Crippen molar-refractivity contribution < 1.29 is 32.1 Å². The van der Waals surface area contributed by atoms with Crippen LogP contribution in [-0.4, -0.2) is 69.6 Å². The van der Waals surface area contributed by atoms with Crippen molar-refractivity contribution in [3.63, 3.8) is 0 Å². The van der Waals surface area contributed by atoms with Crippen LogP contribution >= 0.6 is 0 Å². The van der Waals surface area contributed by atoms with E-state index in [0.717, 1.165) is 19.1 Å². The normalized spacial score (nSPS) is 30.7. The summed E-state index contributed by atoms with van der Waals surface area (Å²) in [6.45, 7) is 15.6. The molecule has 1 aliphatic heterocycles. The first-order chi connectivity index (χ1) is 16.3. The average Bonchev–Trinajstić information content (AvgIpc) is 3.05. The van der Waals surface area contributed by atoms with Gasteiger partial charge in [-0.05, 0) is 70.1 Å². The average molecular weight is 530 g/mol. The number of nitrogens with one attached hydrogen (secondary N) is 3. The molecule has 1 saturated heterocycles. The van der Waals surface area contributed by atoms with Crippen LogP contribution in [-0.2, 0) is 28.9 Å². The number of ether oxygens (including phenoxy) is 1. The summed E-state index contributed by atoms with van der Waals surface area (Å²) < 4.78 is 43.9. The van der Waals surface area contributed by atoms with Crippen molar-refractivity contribution in [3.05, 3.63) is 0 Å². The zero-order chi connectivity index (χ0) is 27.3. The van der Waals surface area contributed by atoms with E-state index in [1.807, 2.05) is 13.8 Å². The topological polar surface area (TPSA) is 132 Å². The highest BCUT2D eigenvalue weighted by molar-refractivity contribution is 7.88. The number of amides is 2. The summed E-state index contributed by atoms with van der Waals surface area (Å²) in [5.74, 6) is 0.204. The summed E-state index contributed by atoms with van der Waals surface area (Å²) in [4.78, 5) is 25.7. The molecule has 0 unspecified atom stereocenters. The first-order valence-corrected chi connectivity index (χ1v) is 14.8. The molecule has 206 valence electrons. The van der Waals surface area contributed by atoms with Crippen LogP contribution in [0.15, 0.2) is 0 Å². The second-order valence-electron chi connectivity index (χ2n) is 12.9. The quantitative estimate of drug-likeness (QED) is 0.390.